The molecule has 0 aliphatic carbocycles. The number of unbranched alkanes of at least 4 members (excludes halogenated alkanes) is 12. The molecule has 0 aromatic heterocycles. The second kappa shape index (κ2) is 15.9. The lowest BCUT2D eigenvalue weighted by molar-refractivity contribution is -0.884. The molecule has 2 aromatic rings. The van der Waals surface area contributed by atoms with Crippen LogP contribution in [-0.4, -0.2) is 5.97 Å². The van der Waals surface area contributed by atoms with Crippen molar-refractivity contribution in [3.8, 4) is 0 Å². The molecule has 0 bridgehead atoms. The normalized spacial score (nSPS) is 11.1. The number of carbonyl (C=O) groups excluding carboxylic acids is 1. The molecule has 3 nitrogen and oxygen atoms in total. The standard InChI is InChI=1S/C27H41NO2/c1-2-3-4-5-6-7-8-9-10-11-12-13-14-22-27(29)30-28-23-25-20-17-19-24-18-15-16-21-26(24)25/h15-21,28H,2-14,22-23H2,1H3/q+1/p+1. The summed E-state index contributed by atoms with van der Waals surface area (Å²) in [7, 11) is 0. The molecule has 0 fully saturated rings. The van der Waals surface area contributed by atoms with Crippen LogP contribution in [0.1, 0.15) is 102 Å². The van der Waals surface area contributed by atoms with E-state index < -0.39 is 0 Å². The van der Waals surface area contributed by atoms with Crippen molar-refractivity contribution in [2.75, 3.05) is 0 Å². The average Bonchev–Trinajstić information content (AvgIpc) is 2.77. The molecule has 2 aromatic carbocycles. The number of rotatable bonds is 17. The Labute approximate surface area is 183 Å². The van der Waals surface area contributed by atoms with E-state index in [0.717, 1.165) is 12.8 Å². The van der Waals surface area contributed by atoms with Crippen molar-refractivity contribution in [1.29, 1.82) is 0 Å². The smallest absolute Gasteiger partial charge is 0.0896 e. The van der Waals surface area contributed by atoms with Crippen molar-refractivity contribution in [2.45, 2.75) is 103 Å². The molecule has 0 heterocycles. The lowest BCUT2D eigenvalue weighted by atomic mass is 10.0. The van der Waals surface area contributed by atoms with Gasteiger partial charge in [0.05, 0.1) is 4.79 Å². The maximum atomic E-state index is 11.9. The number of quaternary nitrogens is 1. The minimum atomic E-state index is -0.0988. The van der Waals surface area contributed by atoms with E-state index in [-0.39, 0.29) is 5.97 Å². The second-order valence-electron chi connectivity index (χ2n) is 8.49. The number of carbonyl (C=O) groups is 1. The maximum Gasteiger partial charge on any atom is 0.638 e. The van der Waals surface area contributed by atoms with Crippen LogP contribution in [-0.2, 0) is 16.2 Å². The van der Waals surface area contributed by atoms with Crippen LogP contribution in [0, 0.1) is 0 Å². The Hall–Kier alpha value is -1.87. The zero-order chi connectivity index (χ0) is 21.3. The van der Waals surface area contributed by atoms with Gasteiger partial charge in [-0.2, -0.15) is 0 Å². The molecular formula is C27H42NO2+2. The molecule has 2 rings (SSSR count). The second-order valence-corrected chi connectivity index (χ2v) is 8.49. The quantitative estimate of drug-likeness (QED) is 0.175. The van der Waals surface area contributed by atoms with Gasteiger partial charge in [-0.05, 0) is 17.2 Å². The highest BCUT2D eigenvalue weighted by molar-refractivity contribution is 5.85. The molecule has 0 aliphatic rings. The van der Waals surface area contributed by atoms with Gasteiger partial charge in [0.2, 0.25) is 0 Å². The van der Waals surface area contributed by atoms with E-state index in [2.05, 4.69) is 37.3 Å². The summed E-state index contributed by atoms with van der Waals surface area (Å²) >= 11 is 0. The van der Waals surface area contributed by atoms with Gasteiger partial charge in [-0.25, -0.2) is 0 Å². The van der Waals surface area contributed by atoms with Gasteiger partial charge < -0.3 is 0 Å². The zero-order valence-corrected chi connectivity index (χ0v) is 19.0. The van der Waals surface area contributed by atoms with Crippen molar-refractivity contribution in [3.05, 3.63) is 48.0 Å². The number of nitrogens with two attached hydrogens (primary N) is 1. The van der Waals surface area contributed by atoms with Crippen molar-refractivity contribution < 1.29 is 15.1 Å². The molecule has 0 atom stereocenters. The van der Waals surface area contributed by atoms with E-state index >= 15 is 0 Å². The molecular weight excluding hydrogens is 370 g/mol. The summed E-state index contributed by atoms with van der Waals surface area (Å²) < 4.78 is 0. The molecule has 0 amide bonds. The Bertz CT molecular complexity index is 708. The van der Waals surface area contributed by atoms with Crippen molar-refractivity contribution in [1.82, 2.24) is 0 Å². The third kappa shape index (κ3) is 10.2. The van der Waals surface area contributed by atoms with Gasteiger partial charge in [-0.15, -0.1) is 0 Å². The van der Waals surface area contributed by atoms with Gasteiger partial charge in [0.15, 0.2) is 6.54 Å². The van der Waals surface area contributed by atoms with Crippen LogP contribution >= 0.6 is 0 Å². The largest absolute Gasteiger partial charge is 0.638 e. The summed E-state index contributed by atoms with van der Waals surface area (Å²) in [4.78, 5) is 17.3. The van der Waals surface area contributed by atoms with E-state index in [1.165, 1.54) is 87.0 Å². The van der Waals surface area contributed by atoms with E-state index in [4.69, 9.17) is 4.84 Å². The van der Waals surface area contributed by atoms with Crippen LogP contribution in [0.25, 0.3) is 10.8 Å². The first kappa shape index (κ1) is 24.4. The van der Waals surface area contributed by atoms with Gasteiger partial charge in [0, 0.05) is 5.56 Å². The molecule has 0 aliphatic heterocycles. The van der Waals surface area contributed by atoms with Crippen LogP contribution in [0.15, 0.2) is 42.5 Å². The highest BCUT2D eigenvalue weighted by Gasteiger charge is 2.20. The van der Waals surface area contributed by atoms with Gasteiger partial charge in [0.1, 0.15) is 6.42 Å². The van der Waals surface area contributed by atoms with Crippen molar-refractivity contribution in [2.24, 2.45) is 0 Å². The maximum absolute atomic E-state index is 11.9. The predicted octanol–water partition coefficient (Wildman–Crippen LogP) is 6.84. The minimum Gasteiger partial charge on any atom is -0.0896 e. The average molecular weight is 413 g/mol. The summed E-state index contributed by atoms with van der Waals surface area (Å²) in [5, 5.41) is 2.45. The Morgan fingerprint density at radius 3 is 1.97 bits per heavy atom. The third-order valence-corrected chi connectivity index (χ3v) is 5.88. The summed E-state index contributed by atoms with van der Waals surface area (Å²) in [5.41, 5.74) is 2.86. The highest BCUT2D eigenvalue weighted by Crippen LogP contribution is 2.17. The fourth-order valence-electron chi connectivity index (χ4n) is 4.04. The Kier molecular flexibility index (Phi) is 12.9. The van der Waals surface area contributed by atoms with Crippen molar-refractivity contribution in [3.63, 3.8) is 0 Å². The molecule has 2 N–H and O–H groups in total. The van der Waals surface area contributed by atoms with Gasteiger partial charge >= 0.3 is 5.97 Å². The fourth-order valence-corrected chi connectivity index (χ4v) is 4.04. The Morgan fingerprint density at radius 2 is 1.30 bits per heavy atom. The fraction of sp³-hybridized carbons (Fsp3) is 0.593. The number of hydrogen-bond acceptors (Lipinski definition) is 2. The van der Waals surface area contributed by atoms with Gasteiger partial charge in [-0.3, -0.25) is 0 Å². The third-order valence-electron chi connectivity index (χ3n) is 5.88. The molecule has 0 unspecified atom stereocenters. The van der Waals surface area contributed by atoms with Gasteiger partial charge in [-0.1, -0.05) is 137 Å². The lowest BCUT2D eigenvalue weighted by Crippen LogP contribution is -2.82. The zero-order valence-electron chi connectivity index (χ0n) is 19.0. The molecule has 0 spiro atoms. The molecule has 3 heteroatoms. The SMILES string of the molecule is CCCCCCCCCCCCCCCC(=[O+])O[NH2+]Cc1cccc2ccccc12. The van der Waals surface area contributed by atoms with E-state index in [0.29, 0.717) is 13.0 Å². The van der Waals surface area contributed by atoms with Crippen LogP contribution in [0.2, 0.25) is 0 Å². The van der Waals surface area contributed by atoms with E-state index in [1.54, 1.807) is 5.48 Å². The molecule has 1 radical (unpaired) electrons. The number of benzene rings is 2. The van der Waals surface area contributed by atoms with Crippen LogP contribution in [0.3, 0.4) is 0 Å². The summed E-state index contributed by atoms with van der Waals surface area (Å²) in [5.74, 6) is -0.0988. The Morgan fingerprint density at radius 1 is 0.733 bits per heavy atom. The predicted molar refractivity (Wildman–Crippen MR) is 126 cm³/mol. The number of fused-ring (bicyclic) bond motifs is 1. The summed E-state index contributed by atoms with van der Waals surface area (Å²) in [6.07, 6.45) is 17.7. The number of hydroxylamine groups is 1. The van der Waals surface area contributed by atoms with Gasteiger partial charge in [0.25, 0.3) is 0 Å². The molecule has 165 valence electrons. The molecule has 0 saturated heterocycles. The number of hydrogen-bond donors (Lipinski definition) is 1. The lowest BCUT2D eigenvalue weighted by Gasteiger charge is -2.02. The Balaban J connectivity index is 1.42. The van der Waals surface area contributed by atoms with Crippen LogP contribution < -0.4 is 5.48 Å². The first-order chi connectivity index (χ1) is 14.8. The highest BCUT2D eigenvalue weighted by atomic mass is 16.7. The summed E-state index contributed by atoms with van der Waals surface area (Å²) in [6, 6.07) is 14.6. The van der Waals surface area contributed by atoms with Crippen LogP contribution in [0.5, 0.6) is 0 Å². The first-order valence-electron chi connectivity index (χ1n) is 12.3. The summed E-state index contributed by atoms with van der Waals surface area (Å²) in [6.45, 7) is 2.93. The molecule has 0 saturated carbocycles. The van der Waals surface area contributed by atoms with Crippen molar-refractivity contribution >= 4 is 16.7 Å². The first-order valence-corrected chi connectivity index (χ1v) is 12.3. The minimum absolute atomic E-state index is 0.0988. The topological polar surface area (TPSA) is 45.7 Å². The monoisotopic (exact) mass is 412 g/mol. The van der Waals surface area contributed by atoms with Crippen LogP contribution in [0.4, 0.5) is 0 Å². The molecule has 30 heavy (non-hydrogen) atoms. The van der Waals surface area contributed by atoms with E-state index in [9.17, 15) is 4.79 Å². The van der Waals surface area contributed by atoms with E-state index in [1.807, 2.05) is 12.1 Å².